The molecule has 2 aromatic rings. The molecule has 2 heterocycles. The van der Waals surface area contributed by atoms with Gasteiger partial charge in [0.25, 0.3) is 0 Å². The number of carbonyl (C=O) groups is 1. The number of ether oxygens (including phenoxy) is 1. The molecule has 176 valence electrons. The molecule has 10 heteroatoms. The Labute approximate surface area is 186 Å². The minimum atomic E-state index is -1.71. The summed E-state index contributed by atoms with van der Waals surface area (Å²) in [5.74, 6) is -1.55. The van der Waals surface area contributed by atoms with Crippen molar-refractivity contribution in [2.75, 3.05) is 19.6 Å². The molecule has 8 nitrogen and oxygen atoms in total. The smallest absolute Gasteiger partial charge is 0.410 e. The first-order valence-electron chi connectivity index (χ1n) is 10.7. The van der Waals surface area contributed by atoms with Crippen LogP contribution in [0.4, 0.5) is 13.6 Å². The van der Waals surface area contributed by atoms with Crippen LogP contribution in [0.15, 0.2) is 30.9 Å². The summed E-state index contributed by atoms with van der Waals surface area (Å²) in [5.41, 5.74) is -2.30. The maximum atomic E-state index is 14.7. The molecule has 1 amide bonds. The average molecular weight is 452 g/mol. The third-order valence-corrected chi connectivity index (χ3v) is 5.73. The highest BCUT2D eigenvalue weighted by Crippen LogP contribution is 2.34. The lowest BCUT2D eigenvalue weighted by Crippen LogP contribution is -2.51. The Bertz CT molecular complexity index is 911. The molecule has 0 radical (unpaired) electrons. The fourth-order valence-electron chi connectivity index (χ4n) is 3.84. The molecule has 1 aromatic carbocycles. The first-order valence-corrected chi connectivity index (χ1v) is 10.7. The molecule has 0 bridgehead atoms. The topological polar surface area (TPSA) is 92.5 Å². The SMILES string of the molecule is CC(n1cncn1)C(O)(CNC1CCN(C(=O)OC(C)(C)C)CC1)c1ccc(F)cc1F. The first kappa shape index (κ1) is 24.1. The summed E-state index contributed by atoms with van der Waals surface area (Å²) in [7, 11) is 0. The number of piperidine rings is 1. The van der Waals surface area contributed by atoms with Crippen molar-refractivity contribution in [1.82, 2.24) is 25.0 Å². The molecule has 2 atom stereocenters. The second kappa shape index (κ2) is 9.50. The van der Waals surface area contributed by atoms with Crippen molar-refractivity contribution < 1.29 is 23.4 Å². The number of hydrogen-bond donors (Lipinski definition) is 2. The molecule has 0 spiro atoms. The van der Waals surface area contributed by atoms with Crippen LogP contribution in [0.25, 0.3) is 0 Å². The number of rotatable bonds is 6. The number of likely N-dealkylation sites (tertiary alicyclic amines) is 1. The number of benzene rings is 1. The van der Waals surface area contributed by atoms with Gasteiger partial charge in [-0.2, -0.15) is 5.10 Å². The Balaban J connectivity index is 1.70. The van der Waals surface area contributed by atoms with Gasteiger partial charge >= 0.3 is 6.09 Å². The number of aromatic nitrogens is 3. The molecule has 1 aromatic heterocycles. The first-order chi connectivity index (χ1) is 15.0. The van der Waals surface area contributed by atoms with Crippen molar-refractivity contribution in [3.8, 4) is 0 Å². The molecule has 0 saturated carbocycles. The Morgan fingerprint density at radius 2 is 2.00 bits per heavy atom. The normalized spacial score (nSPS) is 18.3. The summed E-state index contributed by atoms with van der Waals surface area (Å²) in [6.07, 6.45) is 3.73. The van der Waals surface area contributed by atoms with Crippen LogP contribution in [-0.4, -0.2) is 62.1 Å². The molecular formula is C22H31F2N5O3. The summed E-state index contributed by atoms with van der Waals surface area (Å²) in [6.45, 7) is 8.20. The van der Waals surface area contributed by atoms with Gasteiger partial charge in [-0.1, -0.05) is 6.07 Å². The van der Waals surface area contributed by atoms with Gasteiger partial charge in [0.1, 0.15) is 35.5 Å². The fourth-order valence-corrected chi connectivity index (χ4v) is 3.84. The third-order valence-electron chi connectivity index (χ3n) is 5.73. The molecular weight excluding hydrogens is 420 g/mol. The van der Waals surface area contributed by atoms with E-state index in [0.717, 1.165) is 12.1 Å². The van der Waals surface area contributed by atoms with E-state index in [1.807, 2.05) is 20.8 Å². The number of nitrogens with one attached hydrogen (secondary N) is 1. The van der Waals surface area contributed by atoms with Crippen LogP contribution in [0.5, 0.6) is 0 Å². The number of amides is 1. The highest BCUT2D eigenvalue weighted by atomic mass is 19.1. The van der Waals surface area contributed by atoms with Gasteiger partial charge in [-0.05, 0) is 46.6 Å². The number of carbonyl (C=O) groups excluding carboxylic acids is 1. The number of halogens is 2. The summed E-state index contributed by atoms with van der Waals surface area (Å²) >= 11 is 0. The van der Waals surface area contributed by atoms with E-state index in [1.165, 1.54) is 23.4 Å². The Hall–Kier alpha value is -2.59. The molecule has 1 aliphatic heterocycles. The molecule has 1 aliphatic rings. The average Bonchev–Trinajstić information content (AvgIpc) is 3.25. The van der Waals surface area contributed by atoms with Crippen molar-refractivity contribution in [2.24, 2.45) is 0 Å². The third kappa shape index (κ3) is 5.60. The Kier molecular flexibility index (Phi) is 7.14. The van der Waals surface area contributed by atoms with E-state index in [4.69, 9.17) is 4.74 Å². The molecule has 2 unspecified atom stereocenters. The van der Waals surface area contributed by atoms with Crippen LogP contribution in [0.3, 0.4) is 0 Å². The van der Waals surface area contributed by atoms with Crippen LogP contribution in [-0.2, 0) is 10.3 Å². The van der Waals surface area contributed by atoms with Gasteiger partial charge < -0.3 is 20.1 Å². The quantitative estimate of drug-likeness (QED) is 0.702. The molecule has 3 rings (SSSR count). The minimum Gasteiger partial charge on any atom is -0.444 e. The van der Waals surface area contributed by atoms with E-state index >= 15 is 0 Å². The van der Waals surface area contributed by atoms with Crippen molar-refractivity contribution in [1.29, 1.82) is 0 Å². The van der Waals surface area contributed by atoms with Crippen molar-refractivity contribution in [3.05, 3.63) is 48.1 Å². The Morgan fingerprint density at radius 3 is 2.56 bits per heavy atom. The minimum absolute atomic E-state index is 0.00617. The molecule has 2 N–H and O–H groups in total. The van der Waals surface area contributed by atoms with Crippen LogP contribution in [0.2, 0.25) is 0 Å². The summed E-state index contributed by atoms with van der Waals surface area (Å²) in [5, 5.41) is 19.0. The summed E-state index contributed by atoms with van der Waals surface area (Å²) in [4.78, 5) is 17.8. The van der Waals surface area contributed by atoms with E-state index in [-0.39, 0.29) is 24.2 Å². The lowest BCUT2D eigenvalue weighted by Gasteiger charge is -2.38. The zero-order valence-corrected chi connectivity index (χ0v) is 18.9. The van der Waals surface area contributed by atoms with Crippen molar-refractivity contribution >= 4 is 6.09 Å². The predicted octanol–water partition coefficient (Wildman–Crippen LogP) is 2.99. The van der Waals surface area contributed by atoms with Gasteiger partial charge in [0.15, 0.2) is 0 Å². The Morgan fingerprint density at radius 1 is 1.31 bits per heavy atom. The van der Waals surface area contributed by atoms with Gasteiger partial charge in [-0.25, -0.2) is 23.2 Å². The van der Waals surface area contributed by atoms with E-state index in [0.29, 0.717) is 25.9 Å². The van der Waals surface area contributed by atoms with Crippen LogP contribution in [0.1, 0.15) is 52.1 Å². The zero-order chi connectivity index (χ0) is 23.5. The molecule has 0 aliphatic carbocycles. The molecule has 1 fully saturated rings. The van der Waals surface area contributed by atoms with Gasteiger partial charge in [-0.15, -0.1) is 0 Å². The monoisotopic (exact) mass is 451 g/mol. The second-order valence-electron chi connectivity index (χ2n) is 9.22. The standard InChI is InChI=1S/C22H31F2N5O3/c1-15(29-14-25-13-27-29)22(31,18-6-5-16(23)11-19(18)24)12-26-17-7-9-28(10-8-17)20(30)32-21(2,3)4/h5-6,11,13-15,17,26,31H,7-10,12H2,1-4H3. The van der Waals surface area contributed by atoms with E-state index in [9.17, 15) is 18.7 Å². The maximum absolute atomic E-state index is 14.7. The van der Waals surface area contributed by atoms with Gasteiger partial charge in [-0.3, -0.25) is 0 Å². The summed E-state index contributed by atoms with van der Waals surface area (Å²) in [6, 6.07) is 2.46. The number of aliphatic hydroxyl groups is 1. The van der Waals surface area contributed by atoms with Gasteiger partial charge in [0.2, 0.25) is 0 Å². The maximum Gasteiger partial charge on any atom is 0.410 e. The number of hydrogen-bond acceptors (Lipinski definition) is 6. The second-order valence-corrected chi connectivity index (χ2v) is 9.22. The number of nitrogens with zero attached hydrogens (tertiary/aromatic N) is 4. The van der Waals surface area contributed by atoms with Crippen LogP contribution >= 0.6 is 0 Å². The van der Waals surface area contributed by atoms with E-state index in [1.54, 1.807) is 11.8 Å². The van der Waals surface area contributed by atoms with Gasteiger partial charge in [0, 0.05) is 37.3 Å². The lowest BCUT2D eigenvalue weighted by atomic mass is 9.86. The van der Waals surface area contributed by atoms with Gasteiger partial charge in [0.05, 0.1) is 6.04 Å². The molecule has 1 saturated heterocycles. The fraction of sp³-hybridized carbons (Fsp3) is 0.591. The lowest BCUT2D eigenvalue weighted by molar-refractivity contribution is -0.0221. The van der Waals surface area contributed by atoms with Crippen molar-refractivity contribution in [3.63, 3.8) is 0 Å². The largest absolute Gasteiger partial charge is 0.444 e. The van der Waals surface area contributed by atoms with Crippen LogP contribution < -0.4 is 5.32 Å². The van der Waals surface area contributed by atoms with Crippen LogP contribution in [0, 0.1) is 11.6 Å². The van der Waals surface area contributed by atoms with E-state index < -0.39 is 28.9 Å². The summed E-state index contributed by atoms with van der Waals surface area (Å²) < 4.78 is 35.0. The predicted molar refractivity (Wildman–Crippen MR) is 114 cm³/mol. The van der Waals surface area contributed by atoms with E-state index in [2.05, 4.69) is 15.4 Å². The zero-order valence-electron chi connectivity index (χ0n) is 18.9. The molecule has 32 heavy (non-hydrogen) atoms. The highest BCUT2D eigenvalue weighted by molar-refractivity contribution is 5.68. The van der Waals surface area contributed by atoms with Crippen molar-refractivity contribution in [2.45, 2.75) is 63.8 Å². The highest BCUT2D eigenvalue weighted by Gasteiger charge is 2.40.